The normalized spacial score (nSPS) is 30.0. The average Bonchev–Trinajstić information content (AvgIpc) is 2.39. The van der Waals surface area contributed by atoms with E-state index in [0.29, 0.717) is 12.1 Å². The molecular formula is C14H28N2O. The lowest BCUT2D eigenvalue weighted by Gasteiger charge is -2.42. The van der Waals surface area contributed by atoms with Crippen molar-refractivity contribution in [2.75, 3.05) is 33.3 Å². The second-order valence-electron chi connectivity index (χ2n) is 5.86. The lowest BCUT2D eigenvalue weighted by molar-refractivity contribution is -0.00124. The summed E-state index contributed by atoms with van der Waals surface area (Å²) < 4.78 is 5.52. The lowest BCUT2D eigenvalue weighted by atomic mass is 9.98. The van der Waals surface area contributed by atoms with Gasteiger partial charge in [-0.15, -0.1) is 0 Å². The summed E-state index contributed by atoms with van der Waals surface area (Å²) in [6.07, 6.45) is 5.72. The van der Waals surface area contributed by atoms with Crippen LogP contribution in [0.3, 0.4) is 0 Å². The van der Waals surface area contributed by atoms with E-state index in [1.54, 1.807) is 0 Å². The van der Waals surface area contributed by atoms with E-state index in [0.717, 1.165) is 12.6 Å². The number of rotatable bonds is 3. The van der Waals surface area contributed by atoms with E-state index in [2.05, 4.69) is 23.6 Å². The molecular weight excluding hydrogens is 212 g/mol. The van der Waals surface area contributed by atoms with Gasteiger partial charge in [0.25, 0.3) is 0 Å². The Labute approximate surface area is 106 Å². The van der Waals surface area contributed by atoms with Crippen LogP contribution in [0.5, 0.6) is 0 Å². The second kappa shape index (κ2) is 6.17. The molecule has 2 saturated heterocycles. The molecule has 1 atom stereocenters. The molecule has 0 radical (unpaired) electrons. The number of ether oxygens (including phenoxy) is 1. The topological polar surface area (TPSA) is 15.7 Å². The van der Waals surface area contributed by atoms with Gasteiger partial charge in [-0.1, -0.05) is 0 Å². The van der Waals surface area contributed by atoms with E-state index in [1.807, 2.05) is 7.11 Å². The fourth-order valence-electron chi connectivity index (χ4n) is 3.26. The van der Waals surface area contributed by atoms with Gasteiger partial charge < -0.3 is 9.64 Å². The van der Waals surface area contributed by atoms with Crippen LogP contribution in [-0.2, 0) is 4.74 Å². The van der Waals surface area contributed by atoms with Crippen LogP contribution in [-0.4, -0.2) is 61.3 Å². The van der Waals surface area contributed by atoms with E-state index in [9.17, 15) is 0 Å². The van der Waals surface area contributed by atoms with E-state index in [1.165, 1.54) is 45.3 Å². The SMILES string of the molecule is COC1CCCN(C2CCN(C(C)C)CC2)C1. The van der Waals surface area contributed by atoms with Crippen molar-refractivity contribution in [1.82, 2.24) is 9.80 Å². The third kappa shape index (κ3) is 3.43. The standard InChI is InChI=1S/C14H28N2O/c1-12(2)15-9-6-13(7-10-15)16-8-4-5-14(11-16)17-3/h12-14H,4-11H2,1-3H3. The molecule has 2 rings (SSSR count). The molecule has 0 aromatic rings. The Morgan fingerprint density at radius 3 is 2.35 bits per heavy atom. The van der Waals surface area contributed by atoms with Crippen LogP contribution in [0.4, 0.5) is 0 Å². The highest BCUT2D eigenvalue weighted by Crippen LogP contribution is 2.22. The van der Waals surface area contributed by atoms with Crippen molar-refractivity contribution in [3.8, 4) is 0 Å². The first-order chi connectivity index (χ1) is 8.20. The van der Waals surface area contributed by atoms with Gasteiger partial charge in [-0.25, -0.2) is 0 Å². The van der Waals surface area contributed by atoms with Gasteiger partial charge in [-0.2, -0.15) is 0 Å². The molecule has 0 amide bonds. The minimum absolute atomic E-state index is 0.479. The van der Waals surface area contributed by atoms with Gasteiger partial charge in [0, 0.05) is 25.7 Å². The highest BCUT2D eigenvalue weighted by Gasteiger charge is 2.29. The van der Waals surface area contributed by atoms with Crippen molar-refractivity contribution < 1.29 is 4.74 Å². The highest BCUT2D eigenvalue weighted by atomic mass is 16.5. The van der Waals surface area contributed by atoms with E-state index >= 15 is 0 Å². The van der Waals surface area contributed by atoms with Crippen molar-refractivity contribution in [2.24, 2.45) is 0 Å². The summed E-state index contributed by atoms with van der Waals surface area (Å²) in [6, 6.07) is 1.52. The van der Waals surface area contributed by atoms with Gasteiger partial charge in [0.15, 0.2) is 0 Å². The molecule has 0 aliphatic carbocycles. The molecule has 3 nitrogen and oxygen atoms in total. The molecule has 2 aliphatic rings. The van der Waals surface area contributed by atoms with Crippen molar-refractivity contribution in [2.45, 2.75) is 57.7 Å². The van der Waals surface area contributed by atoms with Crippen LogP contribution in [0.25, 0.3) is 0 Å². The summed E-state index contributed by atoms with van der Waals surface area (Å²) >= 11 is 0. The Morgan fingerprint density at radius 2 is 1.76 bits per heavy atom. The monoisotopic (exact) mass is 240 g/mol. The van der Waals surface area contributed by atoms with E-state index < -0.39 is 0 Å². The summed E-state index contributed by atoms with van der Waals surface area (Å²) in [5, 5.41) is 0. The molecule has 2 aliphatic heterocycles. The van der Waals surface area contributed by atoms with Gasteiger partial charge in [-0.3, -0.25) is 4.90 Å². The number of methoxy groups -OCH3 is 1. The molecule has 0 bridgehead atoms. The van der Waals surface area contributed by atoms with Crippen molar-refractivity contribution >= 4 is 0 Å². The summed E-state index contributed by atoms with van der Waals surface area (Å²) in [7, 11) is 1.86. The van der Waals surface area contributed by atoms with Crippen molar-refractivity contribution in [3.05, 3.63) is 0 Å². The summed E-state index contributed by atoms with van der Waals surface area (Å²) in [6.45, 7) is 9.60. The maximum atomic E-state index is 5.52. The van der Waals surface area contributed by atoms with Crippen LogP contribution in [0.1, 0.15) is 39.5 Å². The Bertz CT molecular complexity index is 224. The van der Waals surface area contributed by atoms with Crippen LogP contribution < -0.4 is 0 Å². The van der Waals surface area contributed by atoms with Gasteiger partial charge in [0.05, 0.1) is 6.10 Å². The fraction of sp³-hybridized carbons (Fsp3) is 1.00. The first-order valence-electron chi connectivity index (χ1n) is 7.21. The summed E-state index contributed by atoms with van der Waals surface area (Å²) in [4.78, 5) is 5.28. The molecule has 100 valence electrons. The average molecular weight is 240 g/mol. The van der Waals surface area contributed by atoms with Gasteiger partial charge in [-0.05, 0) is 59.2 Å². The van der Waals surface area contributed by atoms with Crippen LogP contribution in [0.15, 0.2) is 0 Å². The zero-order valence-corrected chi connectivity index (χ0v) is 11.7. The Hall–Kier alpha value is -0.120. The minimum atomic E-state index is 0.479. The molecule has 0 aromatic carbocycles. The van der Waals surface area contributed by atoms with Gasteiger partial charge in [0.2, 0.25) is 0 Å². The molecule has 2 heterocycles. The van der Waals surface area contributed by atoms with Crippen LogP contribution in [0, 0.1) is 0 Å². The molecule has 3 heteroatoms. The summed E-state index contributed by atoms with van der Waals surface area (Å²) in [5.41, 5.74) is 0. The number of likely N-dealkylation sites (tertiary alicyclic amines) is 2. The molecule has 1 unspecified atom stereocenters. The molecule has 2 fully saturated rings. The van der Waals surface area contributed by atoms with Gasteiger partial charge in [0.1, 0.15) is 0 Å². The van der Waals surface area contributed by atoms with Crippen LogP contribution >= 0.6 is 0 Å². The number of hydrogen-bond acceptors (Lipinski definition) is 3. The number of nitrogens with zero attached hydrogens (tertiary/aromatic N) is 2. The Balaban J connectivity index is 1.80. The fourth-order valence-corrected chi connectivity index (χ4v) is 3.26. The first-order valence-corrected chi connectivity index (χ1v) is 7.21. The number of hydrogen-bond donors (Lipinski definition) is 0. The molecule has 0 N–H and O–H groups in total. The first kappa shape index (κ1) is 13.3. The maximum absolute atomic E-state index is 5.52. The Kier molecular flexibility index (Phi) is 4.83. The predicted molar refractivity (Wildman–Crippen MR) is 71.3 cm³/mol. The molecule has 0 aromatic heterocycles. The maximum Gasteiger partial charge on any atom is 0.0698 e. The number of piperidine rings is 2. The third-order valence-corrected chi connectivity index (χ3v) is 4.49. The highest BCUT2D eigenvalue weighted by molar-refractivity contribution is 4.84. The second-order valence-corrected chi connectivity index (χ2v) is 5.86. The molecule has 17 heavy (non-hydrogen) atoms. The smallest absolute Gasteiger partial charge is 0.0698 e. The van der Waals surface area contributed by atoms with Crippen molar-refractivity contribution in [3.63, 3.8) is 0 Å². The van der Waals surface area contributed by atoms with Crippen LogP contribution in [0.2, 0.25) is 0 Å². The largest absolute Gasteiger partial charge is 0.380 e. The lowest BCUT2D eigenvalue weighted by Crippen LogP contribution is -2.50. The predicted octanol–water partition coefficient (Wildman–Crippen LogP) is 1.97. The minimum Gasteiger partial charge on any atom is -0.380 e. The van der Waals surface area contributed by atoms with Gasteiger partial charge >= 0.3 is 0 Å². The van der Waals surface area contributed by atoms with Crippen molar-refractivity contribution in [1.29, 1.82) is 0 Å². The summed E-state index contributed by atoms with van der Waals surface area (Å²) in [5.74, 6) is 0. The van der Waals surface area contributed by atoms with E-state index in [-0.39, 0.29) is 0 Å². The third-order valence-electron chi connectivity index (χ3n) is 4.49. The molecule has 0 saturated carbocycles. The Morgan fingerprint density at radius 1 is 1.06 bits per heavy atom. The zero-order chi connectivity index (χ0) is 12.3. The quantitative estimate of drug-likeness (QED) is 0.750. The zero-order valence-electron chi connectivity index (χ0n) is 11.7. The molecule has 0 spiro atoms. The van der Waals surface area contributed by atoms with E-state index in [4.69, 9.17) is 4.74 Å².